The largest absolute Gasteiger partial charge is 0.504 e. The summed E-state index contributed by atoms with van der Waals surface area (Å²) in [5, 5.41) is 79.9. The van der Waals surface area contributed by atoms with Crippen LogP contribution in [0.5, 0.6) is 34.5 Å². The van der Waals surface area contributed by atoms with Gasteiger partial charge in [0.2, 0.25) is 0 Å². The van der Waals surface area contributed by atoms with Gasteiger partial charge in [0, 0.05) is 41.7 Å². The first-order chi connectivity index (χ1) is 19.5. The van der Waals surface area contributed by atoms with Crippen molar-refractivity contribution in [1.29, 1.82) is 0 Å². The summed E-state index contributed by atoms with van der Waals surface area (Å²) in [5.41, 5.74) is 17.6. The first-order valence-electron chi connectivity index (χ1n) is 12.0. The molecule has 3 aromatic carbocycles. The molecule has 3 aromatic rings. The normalized spacial score (nSPS) is 12.1. The Morgan fingerprint density at radius 2 is 0.674 bits per heavy atom. The minimum atomic E-state index is -1.10. The van der Waals surface area contributed by atoms with Crippen LogP contribution in [0.4, 0.5) is 0 Å². The second-order valence-electron chi connectivity index (χ2n) is 8.92. The number of phenols is 6. The molecule has 0 aliphatic rings. The first kappa shape index (κ1) is 39.1. The van der Waals surface area contributed by atoms with Gasteiger partial charge in [0.1, 0.15) is 18.1 Å². The molecule has 0 unspecified atom stereocenters. The Hall–Kier alpha value is -3.87. The Kier molecular flexibility index (Phi) is 16.9. The van der Waals surface area contributed by atoms with Crippen LogP contribution in [-0.4, -0.2) is 82.0 Å². The predicted octanol–water partition coefficient (Wildman–Crippen LogP) is 0.157. The zero-order valence-electron chi connectivity index (χ0n) is 22.5. The van der Waals surface area contributed by atoms with E-state index < -0.39 is 36.0 Å². The topological polar surface area (TPSA) is 311 Å². The minimum absolute atomic E-state index is 0. The van der Waals surface area contributed by atoms with Gasteiger partial charge >= 0.3 is 17.9 Å². The van der Waals surface area contributed by atoms with Gasteiger partial charge in [0.05, 0.1) is 0 Å². The van der Waals surface area contributed by atoms with E-state index in [1.165, 1.54) is 54.6 Å². The third kappa shape index (κ3) is 14.2. The zero-order valence-corrected chi connectivity index (χ0v) is 25.7. The number of carboxylic acid groups (broad SMARTS) is 3. The van der Waals surface area contributed by atoms with E-state index in [1.807, 2.05) is 0 Å². The van der Waals surface area contributed by atoms with Gasteiger partial charge < -0.3 is 63.2 Å². The minimum Gasteiger partial charge on any atom is -0.504 e. The first-order valence-corrected chi connectivity index (χ1v) is 12.0. The number of rotatable bonds is 9. The average Bonchev–Trinajstić information content (AvgIpc) is 2.91. The van der Waals surface area contributed by atoms with Crippen LogP contribution < -0.4 is 17.2 Å². The number of hydrogen-bond acceptors (Lipinski definition) is 12. The summed E-state index contributed by atoms with van der Waals surface area (Å²) in [7, 11) is 0. The molecule has 3 atom stereocenters. The fourth-order valence-corrected chi connectivity index (χ4v) is 3.11. The Balaban J connectivity index is 0.000000608. The SMILES string of the molecule is N[C@@H](Cc1ccc(O)c(O)c1)C(=O)O.N[C@@H](Cc1ccc(O)c(O)c1)C(=O)O.N[C@@H](Cc1ccc(O)c(O)c1)C(=O)O.[Ce]. The average molecular weight is 732 g/mol. The van der Waals surface area contributed by atoms with E-state index >= 15 is 0 Å². The maximum Gasteiger partial charge on any atom is 0.320 e. The third-order valence-corrected chi connectivity index (χ3v) is 5.44. The Labute approximate surface area is 278 Å². The van der Waals surface area contributed by atoms with Crippen LogP contribution in [0.25, 0.3) is 0 Å². The van der Waals surface area contributed by atoms with E-state index in [0.29, 0.717) is 16.7 Å². The number of hydrogen-bond donors (Lipinski definition) is 12. The number of phenolic OH excluding ortho intramolecular Hbond substituents is 6. The second kappa shape index (κ2) is 18.6. The van der Waals surface area contributed by atoms with Gasteiger partial charge in [-0.15, -0.1) is 0 Å². The standard InChI is InChI=1S/3C9H11NO4.Ce/c3*10-6(9(13)14)3-5-1-2-7(11)8(12)4-5;/h3*1-2,4,6,11-12H,3,10H2,(H,13,14);/t3*6-;/m000./s1. The van der Waals surface area contributed by atoms with Gasteiger partial charge in [-0.1, -0.05) is 18.2 Å². The van der Waals surface area contributed by atoms with Gasteiger partial charge in [-0.05, 0) is 72.4 Å². The van der Waals surface area contributed by atoms with Crippen molar-refractivity contribution >= 4 is 17.9 Å². The Morgan fingerprint density at radius 1 is 0.465 bits per heavy atom. The van der Waals surface area contributed by atoms with Gasteiger partial charge in [0.25, 0.3) is 0 Å². The summed E-state index contributed by atoms with van der Waals surface area (Å²) < 4.78 is 0. The summed E-state index contributed by atoms with van der Waals surface area (Å²) in [4.78, 5) is 31.3. The van der Waals surface area contributed by atoms with Crippen LogP contribution in [0.3, 0.4) is 0 Å². The van der Waals surface area contributed by atoms with Gasteiger partial charge in [0.15, 0.2) is 34.5 Å². The molecule has 0 aliphatic heterocycles. The van der Waals surface area contributed by atoms with Crippen molar-refractivity contribution in [2.75, 3.05) is 0 Å². The van der Waals surface area contributed by atoms with Crippen molar-refractivity contribution in [3.05, 3.63) is 71.3 Å². The van der Waals surface area contributed by atoms with Crippen LogP contribution in [0, 0.1) is 41.7 Å². The van der Waals surface area contributed by atoms with Gasteiger partial charge in [-0.2, -0.15) is 0 Å². The van der Waals surface area contributed by atoms with Crippen molar-refractivity contribution in [3.8, 4) is 34.5 Å². The zero-order chi connectivity index (χ0) is 32.1. The molecule has 15 nitrogen and oxygen atoms in total. The molecule has 232 valence electrons. The van der Waals surface area contributed by atoms with E-state index in [-0.39, 0.29) is 95.5 Å². The maximum atomic E-state index is 10.4. The number of carboxylic acids is 3. The molecular formula is C27H33CeN3O12. The van der Waals surface area contributed by atoms with E-state index in [1.54, 1.807) is 0 Å². The Morgan fingerprint density at radius 3 is 0.837 bits per heavy atom. The number of aromatic hydroxyl groups is 6. The number of benzene rings is 3. The van der Waals surface area contributed by atoms with Crippen molar-refractivity contribution in [2.45, 2.75) is 37.4 Å². The molecule has 0 spiro atoms. The monoisotopic (exact) mass is 731 g/mol. The van der Waals surface area contributed by atoms with Crippen LogP contribution in [0.2, 0.25) is 0 Å². The molecule has 0 aliphatic carbocycles. The molecule has 43 heavy (non-hydrogen) atoms. The fraction of sp³-hybridized carbons (Fsp3) is 0.222. The second-order valence-corrected chi connectivity index (χ2v) is 8.92. The summed E-state index contributed by atoms with van der Waals surface area (Å²) in [6.07, 6.45) is 0.343. The van der Waals surface area contributed by atoms with E-state index in [0.717, 1.165) is 0 Å². The molecule has 0 heterocycles. The molecule has 0 aromatic heterocycles. The number of aliphatic carboxylic acids is 3. The van der Waals surface area contributed by atoms with E-state index in [2.05, 4.69) is 0 Å². The summed E-state index contributed by atoms with van der Waals surface area (Å²) in [5.74, 6) is -4.85. The van der Waals surface area contributed by atoms with Gasteiger partial charge in [-0.25, -0.2) is 0 Å². The molecule has 16 heteroatoms. The molecule has 15 N–H and O–H groups in total. The van der Waals surface area contributed by atoms with Gasteiger partial charge in [-0.3, -0.25) is 14.4 Å². The quantitative estimate of drug-likeness (QED) is 0.130. The molecule has 0 saturated heterocycles. The fourth-order valence-electron chi connectivity index (χ4n) is 3.11. The van der Waals surface area contributed by atoms with E-state index in [9.17, 15) is 14.4 Å². The van der Waals surface area contributed by atoms with Crippen LogP contribution in [0.1, 0.15) is 16.7 Å². The van der Waals surface area contributed by atoms with Crippen molar-refractivity contribution in [3.63, 3.8) is 0 Å². The summed E-state index contributed by atoms with van der Waals surface area (Å²) in [6, 6.07) is 9.27. The number of nitrogens with two attached hydrogens (primary N) is 3. The molecule has 0 fully saturated rings. The summed E-state index contributed by atoms with van der Waals surface area (Å²) in [6.45, 7) is 0. The number of carbonyl (C=O) groups is 3. The van der Waals surface area contributed by atoms with Crippen LogP contribution in [-0.2, 0) is 33.6 Å². The van der Waals surface area contributed by atoms with Crippen molar-refractivity contribution in [2.24, 2.45) is 17.2 Å². The maximum absolute atomic E-state index is 10.4. The molecule has 0 radical (unpaired) electrons. The van der Waals surface area contributed by atoms with Crippen molar-refractivity contribution in [1.82, 2.24) is 0 Å². The van der Waals surface area contributed by atoms with Crippen LogP contribution >= 0.6 is 0 Å². The van der Waals surface area contributed by atoms with Crippen LogP contribution in [0.15, 0.2) is 54.6 Å². The molecular weight excluding hydrogens is 698 g/mol. The predicted molar refractivity (Wildman–Crippen MR) is 147 cm³/mol. The Bertz CT molecular complexity index is 1220. The summed E-state index contributed by atoms with van der Waals surface area (Å²) >= 11 is 0. The molecule has 3 rings (SSSR count). The van der Waals surface area contributed by atoms with Crippen molar-refractivity contribution < 1.29 is 102 Å². The molecule has 0 bridgehead atoms. The van der Waals surface area contributed by atoms with E-state index in [4.69, 9.17) is 63.2 Å². The molecule has 0 amide bonds. The third-order valence-electron chi connectivity index (χ3n) is 5.44. The smallest absolute Gasteiger partial charge is 0.320 e. The molecule has 0 saturated carbocycles.